The molecule has 0 spiro atoms. The predicted octanol–water partition coefficient (Wildman–Crippen LogP) is 3.90. The first kappa shape index (κ1) is 21.4. The van der Waals surface area contributed by atoms with Crippen LogP contribution in [0.15, 0.2) is 60.7 Å². The van der Waals surface area contributed by atoms with Crippen molar-refractivity contribution in [1.29, 1.82) is 0 Å². The van der Waals surface area contributed by atoms with E-state index in [1.165, 1.54) is 0 Å². The van der Waals surface area contributed by atoms with E-state index in [4.69, 9.17) is 11.6 Å². The number of nitrogens with zero attached hydrogens (tertiary/aromatic N) is 2. The van der Waals surface area contributed by atoms with Crippen LogP contribution >= 0.6 is 24.0 Å². The molecule has 0 aliphatic carbocycles. The van der Waals surface area contributed by atoms with E-state index < -0.39 is 0 Å². The van der Waals surface area contributed by atoms with Crippen LogP contribution in [-0.4, -0.2) is 22.2 Å². The van der Waals surface area contributed by atoms with E-state index in [1.54, 1.807) is 0 Å². The first-order chi connectivity index (χ1) is 13.7. The molecule has 2 heterocycles. The zero-order chi connectivity index (χ0) is 19.3. The molecule has 0 bridgehead atoms. The van der Waals surface area contributed by atoms with Gasteiger partial charge in [0.1, 0.15) is 0 Å². The SMILES string of the molecule is Cl.O=C(CC(c1ccccc1)c1ccccc1Cl)NCc1cc2n(n1)CCNC2. The van der Waals surface area contributed by atoms with Gasteiger partial charge in [-0.1, -0.05) is 60.1 Å². The molecule has 7 heteroatoms. The number of amides is 1. The quantitative estimate of drug-likeness (QED) is 0.623. The van der Waals surface area contributed by atoms with Crippen molar-refractivity contribution in [3.05, 3.63) is 88.2 Å². The molecule has 4 rings (SSSR count). The standard InChI is InChI=1S/C22H23ClN4O.ClH/c23-21-9-5-4-8-19(21)20(16-6-2-1-3-7-16)13-22(28)25-14-17-12-18-15-24-10-11-27(18)26-17;/h1-9,12,20,24H,10-11,13-15H2,(H,25,28);1H. The summed E-state index contributed by atoms with van der Waals surface area (Å²) in [7, 11) is 0. The summed E-state index contributed by atoms with van der Waals surface area (Å²) < 4.78 is 2.01. The second-order valence-corrected chi connectivity index (χ2v) is 7.40. The van der Waals surface area contributed by atoms with Crippen LogP contribution in [0.4, 0.5) is 0 Å². The lowest BCUT2D eigenvalue weighted by Gasteiger charge is -2.19. The van der Waals surface area contributed by atoms with Crippen molar-refractivity contribution >= 4 is 29.9 Å². The van der Waals surface area contributed by atoms with E-state index in [0.717, 1.165) is 42.1 Å². The van der Waals surface area contributed by atoms with Crippen LogP contribution in [0.5, 0.6) is 0 Å². The highest BCUT2D eigenvalue weighted by molar-refractivity contribution is 6.31. The highest BCUT2D eigenvalue weighted by atomic mass is 35.5. The Morgan fingerprint density at radius 3 is 2.69 bits per heavy atom. The van der Waals surface area contributed by atoms with Crippen LogP contribution in [0.2, 0.25) is 5.02 Å². The summed E-state index contributed by atoms with van der Waals surface area (Å²) in [4.78, 5) is 12.7. The Morgan fingerprint density at radius 1 is 1.17 bits per heavy atom. The first-order valence-corrected chi connectivity index (χ1v) is 9.91. The van der Waals surface area contributed by atoms with Crippen LogP contribution in [0.3, 0.4) is 0 Å². The molecule has 2 aromatic carbocycles. The number of carbonyl (C=O) groups is 1. The Hall–Kier alpha value is -2.34. The molecule has 152 valence electrons. The molecular formula is C22H24Cl2N4O. The van der Waals surface area contributed by atoms with Crippen molar-refractivity contribution < 1.29 is 4.79 Å². The monoisotopic (exact) mass is 430 g/mol. The largest absolute Gasteiger partial charge is 0.350 e. The summed E-state index contributed by atoms with van der Waals surface area (Å²) in [6.07, 6.45) is 0.336. The number of carbonyl (C=O) groups excluding carboxylic acids is 1. The summed E-state index contributed by atoms with van der Waals surface area (Å²) in [5.74, 6) is -0.104. The smallest absolute Gasteiger partial charge is 0.221 e. The van der Waals surface area contributed by atoms with Crippen LogP contribution in [-0.2, 0) is 24.4 Å². The van der Waals surface area contributed by atoms with E-state index in [1.807, 2.05) is 59.3 Å². The van der Waals surface area contributed by atoms with Crippen molar-refractivity contribution in [1.82, 2.24) is 20.4 Å². The van der Waals surface area contributed by atoms with Crippen LogP contribution in [0, 0.1) is 0 Å². The summed E-state index contributed by atoms with van der Waals surface area (Å²) >= 11 is 6.43. The number of rotatable bonds is 6. The topological polar surface area (TPSA) is 59.0 Å². The Morgan fingerprint density at radius 2 is 1.93 bits per heavy atom. The molecule has 0 fully saturated rings. The third-order valence-corrected chi connectivity index (χ3v) is 5.40. The van der Waals surface area contributed by atoms with Gasteiger partial charge >= 0.3 is 0 Å². The highest BCUT2D eigenvalue weighted by Crippen LogP contribution is 2.32. The van der Waals surface area contributed by atoms with Crippen molar-refractivity contribution in [2.24, 2.45) is 0 Å². The highest BCUT2D eigenvalue weighted by Gasteiger charge is 2.20. The number of hydrogen-bond acceptors (Lipinski definition) is 3. The van der Waals surface area contributed by atoms with Crippen LogP contribution in [0.1, 0.15) is 34.9 Å². The van der Waals surface area contributed by atoms with Gasteiger partial charge in [-0.3, -0.25) is 9.48 Å². The van der Waals surface area contributed by atoms with E-state index in [-0.39, 0.29) is 24.2 Å². The molecule has 0 radical (unpaired) electrons. The molecule has 1 unspecified atom stereocenters. The average Bonchev–Trinajstić information content (AvgIpc) is 3.15. The summed E-state index contributed by atoms with van der Waals surface area (Å²) in [6.45, 7) is 3.05. The molecule has 2 N–H and O–H groups in total. The van der Waals surface area contributed by atoms with Gasteiger partial charge in [-0.25, -0.2) is 0 Å². The lowest BCUT2D eigenvalue weighted by Crippen LogP contribution is -2.28. The number of fused-ring (bicyclic) bond motifs is 1. The van der Waals surface area contributed by atoms with Crippen molar-refractivity contribution in [3.8, 4) is 0 Å². The van der Waals surface area contributed by atoms with E-state index in [9.17, 15) is 4.79 Å². The number of hydrogen-bond donors (Lipinski definition) is 2. The molecule has 3 aromatic rings. The van der Waals surface area contributed by atoms with Gasteiger partial charge < -0.3 is 10.6 Å². The molecule has 0 saturated carbocycles. The number of halogens is 2. The minimum atomic E-state index is -0.0886. The van der Waals surface area contributed by atoms with Crippen LogP contribution in [0.25, 0.3) is 0 Å². The molecular weight excluding hydrogens is 407 g/mol. The maximum absolute atomic E-state index is 12.7. The first-order valence-electron chi connectivity index (χ1n) is 9.53. The predicted molar refractivity (Wildman–Crippen MR) is 117 cm³/mol. The van der Waals surface area contributed by atoms with E-state index in [2.05, 4.69) is 21.8 Å². The number of aromatic nitrogens is 2. The number of nitrogens with one attached hydrogen (secondary N) is 2. The molecule has 1 atom stereocenters. The fourth-order valence-electron chi connectivity index (χ4n) is 3.64. The molecule has 1 aliphatic heterocycles. The molecule has 1 aliphatic rings. The summed E-state index contributed by atoms with van der Waals surface area (Å²) in [5, 5.41) is 11.6. The Labute approximate surface area is 181 Å². The molecule has 29 heavy (non-hydrogen) atoms. The van der Waals surface area contributed by atoms with Crippen molar-refractivity contribution in [2.45, 2.75) is 32.0 Å². The Bertz CT molecular complexity index is 935. The third-order valence-electron chi connectivity index (χ3n) is 5.06. The minimum Gasteiger partial charge on any atom is -0.350 e. The van der Waals surface area contributed by atoms with Crippen LogP contribution < -0.4 is 10.6 Å². The van der Waals surface area contributed by atoms with Gasteiger partial charge in [0.2, 0.25) is 5.91 Å². The second kappa shape index (κ2) is 9.92. The van der Waals surface area contributed by atoms with Gasteiger partial charge in [0.15, 0.2) is 0 Å². The molecule has 1 aromatic heterocycles. The molecule has 0 saturated heterocycles. The number of benzene rings is 2. The summed E-state index contributed by atoms with van der Waals surface area (Å²) in [5.41, 5.74) is 4.10. The lowest BCUT2D eigenvalue weighted by atomic mass is 9.88. The van der Waals surface area contributed by atoms with Gasteiger partial charge in [0.05, 0.1) is 24.5 Å². The van der Waals surface area contributed by atoms with Gasteiger partial charge in [-0.05, 0) is 23.3 Å². The van der Waals surface area contributed by atoms with E-state index >= 15 is 0 Å². The maximum Gasteiger partial charge on any atom is 0.221 e. The van der Waals surface area contributed by atoms with Crippen molar-refractivity contribution in [2.75, 3.05) is 6.54 Å². The van der Waals surface area contributed by atoms with Gasteiger partial charge in [0, 0.05) is 30.5 Å². The zero-order valence-corrected chi connectivity index (χ0v) is 17.5. The summed E-state index contributed by atoms with van der Waals surface area (Å²) in [6, 6.07) is 19.8. The lowest BCUT2D eigenvalue weighted by molar-refractivity contribution is -0.121. The van der Waals surface area contributed by atoms with Gasteiger partial charge in [-0.15, -0.1) is 12.4 Å². The zero-order valence-electron chi connectivity index (χ0n) is 16.0. The fraction of sp³-hybridized carbons (Fsp3) is 0.273. The Kier molecular flexibility index (Phi) is 7.31. The Balaban J connectivity index is 0.00000240. The normalized spacial score (nSPS) is 13.8. The maximum atomic E-state index is 12.7. The van der Waals surface area contributed by atoms with E-state index in [0.29, 0.717) is 18.0 Å². The second-order valence-electron chi connectivity index (χ2n) is 6.99. The molecule has 5 nitrogen and oxygen atoms in total. The molecule has 1 amide bonds. The minimum absolute atomic E-state index is 0. The van der Waals surface area contributed by atoms with Crippen molar-refractivity contribution in [3.63, 3.8) is 0 Å². The fourth-order valence-corrected chi connectivity index (χ4v) is 3.90. The van der Waals surface area contributed by atoms with Gasteiger partial charge in [-0.2, -0.15) is 5.10 Å². The van der Waals surface area contributed by atoms with Gasteiger partial charge in [0.25, 0.3) is 0 Å². The average molecular weight is 431 g/mol. The third kappa shape index (κ3) is 5.18.